The van der Waals surface area contributed by atoms with Gasteiger partial charge in [-0.2, -0.15) is 0 Å². The van der Waals surface area contributed by atoms with Crippen molar-refractivity contribution in [2.75, 3.05) is 0 Å². The zero-order chi connectivity index (χ0) is 54.0. The summed E-state index contributed by atoms with van der Waals surface area (Å²) >= 11 is 0. The minimum atomic E-state index is -3.38. The van der Waals surface area contributed by atoms with Crippen molar-refractivity contribution in [3.05, 3.63) is 192 Å². The Balaban J connectivity index is 0.00000765. The molecular formula is C62H60N3OPt-. The number of benzene rings is 7. The fraction of sp³-hybridized carbons (Fsp3) is 0.226. The van der Waals surface area contributed by atoms with E-state index in [1.54, 1.807) is 24.4 Å². The van der Waals surface area contributed by atoms with Crippen LogP contribution in [-0.2, 0) is 31.9 Å². The smallest absolute Gasteiger partial charge is 0.148 e. The van der Waals surface area contributed by atoms with E-state index in [4.69, 9.17) is 22.3 Å². The van der Waals surface area contributed by atoms with E-state index in [1.165, 1.54) is 12.1 Å². The van der Waals surface area contributed by atoms with E-state index < -0.39 is 26.0 Å². The number of phenols is 1. The third kappa shape index (κ3) is 9.47. The number of hydrogen-bond donors (Lipinski definition) is 1. The molecule has 1 N–H and O–H groups in total. The van der Waals surface area contributed by atoms with Crippen LogP contribution in [0.3, 0.4) is 0 Å². The monoisotopic (exact) mass is 1070 g/mol. The van der Waals surface area contributed by atoms with Crippen molar-refractivity contribution in [2.24, 2.45) is 0 Å². The molecule has 9 aromatic rings. The van der Waals surface area contributed by atoms with Crippen LogP contribution < -0.4 is 0 Å². The molecule has 0 aliphatic carbocycles. The van der Waals surface area contributed by atoms with E-state index in [0.717, 1.165) is 61.3 Å². The Morgan fingerprint density at radius 3 is 1.91 bits per heavy atom. The van der Waals surface area contributed by atoms with Crippen molar-refractivity contribution in [3.8, 4) is 78.6 Å². The van der Waals surface area contributed by atoms with Crippen LogP contribution in [0.2, 0.25) is 0 Å². The molecular weight excluding hydrogens is 998 g/mol. The molecule has 0 saturated carbocycles. The van der Waals surface area contributed by atoms with Gasteiger partial charge in [0, 0.05) is 51.0 Å². The summed E-state index contributed by atoms with van der Waals surface area (Å²) in [5.74, 6) is 1.01. The molecule has 0 radical (unpaired) electrons. The molecule has 9 rings (SSSR count). The molecule has 0 bridgehead atoms. The van der Waals surface area contributed by atoms with Crippen molar-refractivity contribution in [1.29, 1.82) is 0 Å². The van der Waals surface area contributed by atoms with Crippen LogP contribution in [0.4, 0.5) is 0 Å². The first-order valence-electron chi connectivity index (χ1n) is 27.1. The summed E-state index contributed by atoms with van der Waals surface area (Å²) in [6.45, 7) is 5.04. The van der Waals surface area contributed by atoms with E-state index in [1.807, 2.05) is 60.7 Å². The summed E-state index contributed by atoms with van der Waals surface area (Å²) in [7, 11) is 0. The number of rotatable bonds is 9. The Kier molecular flexibility index (Phi) is 10.3. The van der Waals surface area contributed by atoms with Crippen LogP contribution in [0.1, 0.15) is 115 Å². The summed E-state index contributed by atoms with van der Waals surface area (Å²) in [4.78, 5) is 10.4. The minimum absolute atomic E-state index is 0. The van der Waals surface area contributed by atoms with Gasteiger partial charge in [0.05, 0.1) is 16.6 Å². The number of aromatic nitrogens is 3. The summed E-state index contributed by atoms with van der Waals surface area (Å²) in [5, 5.41) is 12.3. The molecule has 2 aromatic heterocycles. The average Bonchev–Trinajstić information content (AvgIpc) is 3.75. The first kappa shape index (κ1) is 36.7. The van der Waals surface area contributed by atoms with E-state index in [-0.39, 0.29) is 49.6 Å². The van der Waals surface area contributed by atoms with E-state index in [2.05, 4.69) is 126 Å². The van der Waals surface area contributed by atoms with Gasteiger partial charge in [0.15, 0.2) is 0 Å². The van der Waals surface area contributed by atoms with Crippen LogP contribution in [0.5, 0.6) is 5.75 Å². The van der Waals surface area contributed by atoms with Gasteiger partial charge in [0.1, 0.15) is 11.6 Å². The molecule has 0 spiro atoms. The summed E-state index contributed by atoms with van der Waals surface area (Å²) in [5.41, 5.74) is 10.7. The van der Waals surface area contributed by atoms with Gasteiger partial charge < -0.3 is 5.11 Å². The number of hydrogen-bond acceptors (Lipinski definition) is 3. The second kappa shape index (κ2) is 18.7. The number of aromatic hydroxyl groups is 1. The topological polar surface area (TPSA) is 50.9 Å². The molecule has 7 aromatic carbocycles. The summed E-state index contributed by atoms with van der Waals surface area (Å²) < 4.78 is 76.2. The van der Waals surface area contributed by atoms with E-state index in [9.17, 15) is 5.11 Å². The molecule has 67 heavy (non-hydrogen) atoms. The van der Waals surface area contributed by atoms with Gasteiger partial charge in [-0.3, -0.25) is 9.55 Å². The molecule has 0 saturated heterocycles. The van der Waals surface area contributed by atoms with Crippen LogP contribution in [0.15, 0.2) is 164 Å². The van der Waals surface area contributed by atoms with Gasteiger partial charge in [-0.15, -0.1) is 23.8 Å². The van der Waals surface area contributed by atoms with Crippen LogP contribution >= 0.6 is 0 Å². The van der Waals surface area contributed by atoms with Gasteiger partial charge >= 0.3 is 0 Å². The first-order valence-corrected chi connectivity index (χ1v) is 22.6. The average molecular weight is 1070 g/mol. The third-order valence-corrected chi connectivity index (χ3v) is 12.5. The van der Waals surface area contributed by atoms with Gasteiger partial charge in [-0.05, 0) is 103 Å². The maximum absolute atomic E-state index is 12.3. The zero-order valence-corrected chi connectivity index (χ0v) is 41.1. The van der Waals surface area contributed by atoms with Crippen LogP contribution in [0.25, 0.3) is 83.9 Å². The standard InChI is InChI=1S/C62H60N3O.Pt/c1-39(2)45-35-53(40(3)4)59(66)54(36-45)60-64-58-52(22-17-23-57(58)65(60)50-28-29-51(43-20-15-12-16-21-43)55(38-50)62(8,9)10)47-32-46(41-18-13-11-14-19-41)33-48(34-47)56-37-44(30-31-63-56)42-24-26-49(27-25-42)61(5,6)7;/h11-33,35-40,66H,1-10H3;/q-1;/i5D3,6D3,7D3;. The predicted molar refractivity (Wildman–Crippen MR) is 278 cm³/mol. The number of pyridine rings is 1. The molecule has 2 heterocycles. The first-order chi connectivity index (χ1) is 35.3. The normalized spacial score (nSPS) is 14.5. The van der Waals surface area contributed by atoms with Crippen LogP contribution in [-0.4, -0.2) is 19.6 Å². The fourth-order valence-electron chi connectivity index (χ4n) is 8.86. The quantitative estimate of drug-likeness (QED) is 0.147. The predicted octanol–water partition coefficient (Wildman–Crippen LogP) is 16.8. The van der Waals surface area contributed by atoms with Crippen molar-refractivity contribution in [3.63, 3.8) is 0 Å². The van der Waals surface area contributed by atoms with E-state index >= 15 is 0 Å². The Bertz CT molecular complexity index is 3520. The maximum Gasteiger partial charge on any atom is 0.148 e. The molecule has 0 fully saturated rings. The summed E-state index contributed by atoms with van der Waals surface area (Å²) in [6.07, 6.45) is 1.66. The Hall–Kier alpha value is -6.35. The maximum atomic E-state index is 12.3. The van der Waals surface area contributed by atoms with Gasteiger partial charge in [0.2, 0.25) is 0 Å². The third-order valence-electron chi connectivity index (χ3n) is 12.5. The van der Waals surface area contributed by atoms with Crippen molar-refractivity contribution >= 4 is 11.0 Å². The molecule has 5 heteroatoms. The van der Waals surface area contributed by atoms with Crippen LogP contribution in [0, 0.1) is 6.07 Å². The molecule has 0 aliphatic heterocycles. The van der Waals surface area contributed by atoms with Gasteiger partial charge in [-0.25, -0.2) is 4.98 Å². The number of para-hydroxylation sites is 1. The largest absolute Gasteiger partial charge is 0.507 e. The molecule has 4 nitrogen and oxygen atoms in total. The number of nitrogens with zero attached hydrogens (tertiary/aromatic N) is 3. The molecule has 0 amide bonds. The number of fused-ring (bicyclic) bond motifs is 1. The SMILES string of the molecule is [2H]C([2H])([2H])C(c1ccc(-c2ccnc(-c3[c-]c(-c4cccc5c4nc(-c4cc(C(C)C)cc(C(C)C)c4O)n5-c4ccc(-c5ccccc5)c(C(C)(C)C)c4)cc(-c4ccccc4)c3)c2)cc1)(C([2H])([2H])[2H])C([2H])([2H])[2H].[Pt]. The van der Waals surface area contributed by atoms with Crippen molar-refractivity contribution in [2.45, 2.75) is 91.7 Å². The molecule has 0 aliphatic rings. The van der Waals surface area contributed by atoms with Gasteiger partial charge in [-0.1, -0.05) is 201 Å². The molecule has 0 atom stereocenters. The fourth-order valence-corrected chi connectivity index (χ4v) is 8.86. The van der Waals surface area contributed by atoms with E-state index in [0.29, 0.717) is 39.3 Å². The second-order valence-electron chi connectivity index (χ2n) is 18.9. The molecule has 340 valence electrons. The second-order valence-corrected chi connectivity index (χ2v) is 18.9. The molecule has 0 unspecified atom stereocenters. The van der Waals surface area contributed by atoms with Gasteiger partial charge in [0.25, 0.3) is 0 Å². The Morgan fingerprint density at radius 2 is 1.25 bits per heavy atom. The minimum Gasteiger partial charge on any atom is -0.507 e. The number of phenolic OH excluding ortho intramolecular Hbond substituents is 1. The van der Waals surface area contributed by atoms with Crippen molar-refractivity contribution in [1.82, 2.24) is 14.5 Å². The van der Waals surface area contributed by atoms with Crippen molar-refractivity contribution < 1.29 is 38.5 Å². The Labute approximate surface area is 424 Å². The Morgan fingerprint density at radius 1 is 0.582 bits per heavy atom. The number of imidazole rings is 1. The summed E-state index contributed by atoms with van der Waals surface area (Å²) in [6, 6.07) is 54.5. The zero-order valence-electron chi connectivity index (χ0n) is 47.8.